The van der Waals surface area contributed by atoms with Gasteiger partial charge in [-0.05, 0) is 18.4 Å². The van der Waals surface area contributed by atoms with Crippen molar-refractivity contribution in [2.75, 3.05) is 39.6 Å². The van der Waals surface area contributed by atoms with Crippen molar-refractivity contribution >= 4 is 20.1 Å². The number of hydrogen-bond donors (Lipinski definition) is 1. The Hall–Kier alpha value is -2.13. The highest BCUT2D eigenvalue weighted by atomic mass is 31.2. The average molecular weight is 475 g/mol. The molecule has 11 heteroatoms. The van der Waals surface area contributed by atoms with E-state index in [0.29, 0.717) is 38.9 Å². The first-order chi connectivity index (χ1) is 15.5. The summed E-state index contributed by atoms with van der Waals surface area (Å²) < 4.78 is 43.4. The quantitative estimate of drug-likeness (QED) is 0.191. The largest absolute Gasteiger partial charge is 0.508 e. The van der Waals surface area contributed by atoms with Crippen LogP contribution >= 0.6 is 7.75 Å². The van der Waals surface area contributed by atoms with E-state index in [1.165, 1.54) is 0 Å². The summed E-state index contributed by atoms with van der Waals surface area (Å²) >= 11 is 0. The molecule has 0 aromatic heterocycles. The zero-order valence-electron chi connectivity index (χ0n) is 18.8. The molecule has 1 rings (SSSR count). The van der Waals surface area contributed by atoms with E-state index in [2.05, 4.69) is 5.09 Å². The van der Waals surface area contributed by atoms with Gasteiger partial charge in [0.25, 0.3) is 0 Å². The number of benzene rings is 1. The molecule has 0 heterocycles. The van der Waals surface area contributed by atoms with E-state index in [9.17, 15) is 14.2 Å². The molecule has 1 aromatic rings. The van der Waals surface area contributed by atoms with Crippen LogP contribution in [0, 0.1) is 0 Å². The van der Waals surface area contributed by atoms with Gasteiger partial charge in [0, 0.05) is 19.4 Å². The molecule has 1 aromatic carbocycles. The number of hydrogen-bond acceptors (Lipinski definition) is 9. The van der Waals surface area contributed by atoms with Crippen LogP contribution in [0.5, 0.6) is 0 Å². The van der Waals surface area contributed by atoms with Crippen molar-refractivity contribution in [2.45, 2.75) is 46.1 Å². The third kappa shape index (κ3) is 14.0. The van der Waals surface area contributed by atoms with E-state index in [4.69, 9.17) is 28.0 Å². The number of carbonyl (C=O) groups is 2. The first kappa shape index (κ1) is 27.9. The lowest BCUT2D eigenvalue weighted by molar-refractivity contribution is 0.0505. The minimum atomic E-state index is -3.64. The zero-order chi connectivity index (χ0) is 23.5. The summed E-state index contributed by atoms with van der Waals surface area (Å²) in [4.78, 5) is 22.6. The molecule has 182 valence electrons. The summed E-state index contributed by atoms with van der Waals surface area (Å²) in [5.74, 6) is 0. The Morgan fingerprint density at radius 3 is 1.69 bits per heavy atom. The summed E-state index contributed by atoms with van der Waals surface area (Å²) in [6, 6.07) is 9.37. The van der Waals surface area contributed by atoms with Crippen molar-refractivity contribution in [3.63, 3.8) is 0 Å². The zero-order valence-corrected chi connectivity index (χ0v) is 19.7. The summed E-state index contributed by atoms with van der Waals surface area (Å²) in [5, 5.41) is 2.81. The van der Waals surface area contributed by atoms with E-state index in [-0.39, 0.29) is 33.0 Å². The predicted molar refractivity (Wildman–Crippen MR) is 117 cm³/mol. The van der Waals surface area contributed by atoms with Gasteiger partial charge in [0.1, 0.15) is 0 Å². The van der Waals surface area contributed by atoms with Crippen molar-refractivity contribution in [3.05, 3.63) is 35.9 Å². The Kier molecular flexibility index (Phi) is 15.2. The normalized spacial score (nSPS) is 11.1. The van der Waals surface area contributed by atoms with E-state index in [1.807, 2.05) is 44.2 Å². The molecule has 1 N–H and O–H groups in total. The molecule has 0 aliphatic rings. The smallest absolute Gasteiger partial charge is 0.434 e. The van der Waals surface area contributed by atoms with E-state index < -0.39 is 20.1 Å². The molecule has 0 radical (unpaired) electrons. The Labute approximate surface area is 189 Å². The highest BCUT2D eigenvalue weighted by molar-refractivity contribution is 7.51. The topological polar surface area (TPSA) is 119 Å². The molecule has 0 bridgehead atoms. The van der Waals surface area contributed by atoms with Gasteiger partial charge in [0.2, 0.25) is 0 Å². The molecule has 0 aliphatic carbocycles. The molecule has 0 saturated heterocycles. The Balaban J connectivity index is 2.40. The van der Waals surface area contributed by atoms with Crippen LogP contribution < -0.4 is 5.09 Å². The van der Waals surface area contributed by atoms with Crippen molar-refractivity contribution < 1.29 is 42.1 Å². The molecule has 10 nitrogen and oxygen atoms in total. The van der Waals surface area contributed by atoms with Gasteiger partial charge in [0.15, 0.2) is 0 Å². The van der Waals surface area contributed by atoms with Crippen LogP contribution in [0.3, 0.4) is 0 Å². The molecular formula is C21H34NO9P. The van der Waals surface area contributed by atoms with E-state index in [1.54, 1.807) is 0 Å². The van der Waals surface area contributed by atoms with Crippen molar-refractivity contribution in [3.8, 4) is 0 Å². The molecule has 0 spiro atoms. The van der Waals surface area contributed by atoms with Crippen molar-refractivity contribution in [2.24, 2.45) is 0 Å². The van der Waals surface area contributed by atoms with Gasteiger partial charge in [-0.1, -0.05) is 44.2 Å². The van der Waals surface area contributed by atoms with Crippen LogP contribution in [-0.2, 0) is 39.1 Å². The maximum atomic E-state index is 13.0. The molecule has 0 fully saturated rings. The van der Waals surface area contributed by atoms with Gasteiger partial charge >= 0.3 is 20.1 Å². The van der Waals surface area contributed by atoms with Gasteiger partial charge < -0.3 is 18.9 Å². The molecule has 32 heavy (non-hydrogen) atoms. The fourth-order valence-electron chi connectivity index (χ4n) is 2.16. The van der Waals surface area contributed by atoms with Crippen LogP contribution in [-0.4, -0.2) is 52.0 Å². The second kappa shape index (κ2) is 17.4. The summed E-state index contributed by atoms with van der Waals surface area (Å²) in [7, 11) is -3.64. The second-order valence-electron chi connectivity index (χ2n) is 6.59. The van der Waals surface area contributed by atoms with E-state index >= 15 is 0 Å². The summed E-state index contributed by atoms with van der Waals surface area (Å²) in [6.07, 6.45) is 0.548. The lowest BCUT2D eigenvalue weighted by Crippen LogP contribution is -2.17. The first-order valence-corrected chi connectivity index (χ1v) is 12.3. The number of carbonyl (C=O) groups excluding carboxylic acids is 2. The Morgan fingerprint density at radius 2 is 1.22 bits per heavy atom. The maximum absolute atomic E-state index is 13.0. The van der Waals surface area contributed by atoms with Crippen LogP contribution in [0.2, 0.25) is 0 Å². The molecule has 0 unspecified atom stereocenters. The van der Waals surface area contributed by atoms with Crippen LogP contribution in [0.1, 0.15) is 45.1 Å². The number of rotatable bonds is 17. The third-order valence-electron chi connectivity index (χ3n) is 3.71. The van der Waals surface area contributed by atoms with E-state index in [0.717, 1.165) is 5.56 Å². The SMILES string of the molecule is CCCOC(=O)OCCCOP(=O)(NCc1ccccc1)OCCCOC(=O)OCCC. The molecule has 0 saturated carbocycles. The summed E-state index contributed by atoms with van der Waals surface area (Å²) in [6.45, 7) is 4.84. The molecule has 0 amide bonds. The molecule has 0 aliphatic heterocycles. The van der Waals surface area contributed by atoms with Gasteiger partial charge in [-0.3, -0.25) is 9.05 Å². The highest BCUT2D eigenvalue weighted by Gasteiger charge is 2.24. The predicted octanol–water partition coefficient (Wildman–Crippen LogP) is 4.82. The Bertz CT molecular complexity index is 653. The monoisotopic (exact) mass is 475 g/mol. The van der Waals surface area contributed by atoms with Crippen molar-refractivity contribution in [1.29, 1.82) is 0 Å². The molecular weight excluding hydrogens is 441 g/mol. The van der Waals surface area contributed by atoms with Crippen LogP contribution in [0.15, 0.2) is 30.3 Å². The number of ether oxygens (including phenoxy) is 4. The lowest BCUT2D eigenvalue weighted by Gasteiger charge is -2.19. The van der Waals surface area contributed by atoms with Gasteiger partial charge in [-0.2, -0.15) is 0 Å². The summed E-state index contributed by atoms with van der Waals surface area (Å²) in [5.41, 5.74) is 0.906. The average Bonchev–Trinajstić information content (AvgIpc) is 2.80. The minimum absolute atomic E-state index is 0.0416. The minimum Gasteiger partial charge on any atom is -0.434 e. The van der Waals surface area contributed by atoms with Gasteiger partial charge in [-0.15, -0.1) is 0 Å². The lowest BCUT2D eigenvalue weighted by atomic mass is 10.2. The molecule has 0 atom stereocenters. The fraction of sp³-hybridized carbons (Fsp3) is 0.619. The van der Waals surface area contributed by atoms with Crippen LogP contribution in [0.25, 0.3) is 0 Å². The second-order valence-corrected chi connectivity index (χ2v) is 8.41. The highest BCUT2D eigenvalue weighted by Crippen LogP contribution is 2.44. The first-order valence-electron chi connectivity index (χ1n) is 10.8. The van der Waals surface area contributed by atoms with Crippen molar-refractivity contribution in [1.82, 2.24) is 5.09 Å². The standard InChI is InChI=1S/C21H34NO9P/c1-3-12-26-20(23)28-14-8-16-30-32(25,22-18-19-10-6-5-7-11-19)31-17-9-15-29-21(24)27-13-4-2/h5-7,10-11H,3-4,8-9,12-18H2,1-2H3,(H,22,25). The fourth-order valence-corrected chi connectivity index (χ4v) is 3.54. The Morgan fingerprint density at radius 1 is 0.750 bits per heavy atom. The maximum Gasteiger partial charge on any atom is 0.508 e. The van der Waals surface area contributed by atoms with Crippen LogP contribution in [0.4, 0.5) is 9.59 Å². The number of nitrogens with one attached hydrogen (secondary N) is 1. The third-order valence-corrected chi connectivity index (χ3v) is 5.30. The van der Waals surface area contributed by atoms with Gasteiger partial charge in [-0.25, -0.2) is 19.2 Å². The van der Waals surface area contributed by atoms with Gasteiger partial charge in [0.05, 0.1) is 39.6 Å².